The van der Waals surface area contributed by atoms with Crippen LogP contribution in [0.2, 0.25) is 0 Å². The number of hydrogen-bond donors (Lipinski definition) is 6. The molecule has 10 nitrogen and oxygen atoms in total. The highest BCUT2D eigenvalue weighted by atomic mass is 16.7. The van der Waals surface area contributed by atoms with E-state index in [0.29, 0.717) is 0 Å². The van der Waals surface area contributed by atoms with Gasteiger partial charge in [-0.05, 0) is 24.6 Å². The van der Waals surface area contributed by atoms with Crippen LogP contribution in [-0.4, -0.2) is 80.3 Å². The van der Waals surface area contributed by atoms with Crippen molar-refractivity contribution in [2.75, 3.05) is 6.61 Å². The van der Waals surface area contributed by atoms with Crippen LogP contribution in [0.15, 0.2) is 24.3 Å². The number of amides is 1. The largest absolute Gasteiger partial charge is 0.476 e. The van der Waals surface area contributed by atoms with Crippen LogP contribution in [-0.2, 0) is 14.3 Å². The van der Waals surface area contributed by atoms with Gasteiger partial charge in [-0.3, -0.25) is 4.79 Å². The van der Waals surface area contributed by atoms with E-state index in [1.165, 1.54) is 13.0 Å². The number of nitrogens with one attached hydrogen (secondary N) is 1. The third-order valence-corrected chi connectivity index (χ3v) is 4.46. The molecular weight excluding hydrogens is 374 g/mol. The highest BCUT2D eigenvalue weighted by Crippen LogP contribution is 2.34. The minimum atomic E-state index is -2.39. The molecule has 0 bridgehead atoms. The van der Waals surface area contributed by atoms with Gasteiger partial charge in [-0.1, -0.05) is 12.1 Å². The zero-order chi connectivity index (χ0) is 21.1. The number of aliphatic hydroxyl groups is 4. The summed E-state index contributed by atoms with van der Waals surface area (Å²) in [6.07, 6.45) is -7.12. The van der Waals surface area contributed by atoms with E-state index in [9.17, 15) is 30.0 Å². The van der Waals surface area contributed by atoms with Crippen molar-refractivity contribution in [3.8, 4) is 5.75 Å². The highest BCUT2D eigenvalue weighted by Gasteiger charge is 2.56. The van der Waals surface area contributed by atoms with Crippen LogP contribution in [0.3, 0.4) is 0 Å². The fourth-order valence-electron chi connectivity index (χ4n) is 3.10. The molecule has 0 aromatic heterocycles. The van der Waals surface area contributed by atoms with Gasteiger partial charge in [-0.25, -0.2) is 4.79 Å². The minimum absolute atomic E-state index is 0.156. The first kappa shape index (κ1) is 22.1. The van der Waals surface area contributed by atoms with Gasteiger partial charge >= 0.3 is 11.8 Å². The van der Waals surface area contributed by atoms with Gasteiger partial charge in [0, 0.05) is 6.92 Å². The summed E-state index contributed by atoms with van der Waals surface area (Å²) >= 11 is 0. The third kappa shape index (κ3) is 4.78. The van der Waals surface area contributed by atoms with Crippen LogP contribution in [0.4, 0.5) is 0 Å². The maximum Gasteiger partial charge on any atom is 0.377 e. The monoisotopic (exact) mass is 399 g/mol. The van der Waals surface area contributed by atoms with E-state index in [4.69, 9.17) is 14.6 Å². The minimum Gasteiger partial charge on any atom is -0.476 e. The number of ether oxygens (including phenoxy) is 2. The Kier molecular flexibility index (Phi) is 6.96. The summed E-state index contributed by atoms with van der Waals surface area (Å²) < 4.78 is 11.1. The lowest BCUT2D eigenvalue weighted by Crippen LogP contribution is -2.68. The van der Waals surface area contributed by atoms with Gasteiger partial charge in [-0.15, -0.1) is 0 Å². The highest BCUT2D eigenvalue weighted by molar-refractivity contribution is 5.77. The molecule has 28 heavy (non-hydrogen) atoms. The predicted octanol–water partition coefficient (Wildman–Crippen LogP) is -1.48. The summed E-state index contributed by atoms with van der Waals surface area (Å²) in [4.78, 5) is 23.5. The molecule has 1 aromatic carbocycles. The molecule has 0 saturated carbocycles. The second-order valence-corrected chi connectivity index (χ2v) is 6.80. The van der Waals surface area contributed by atoms with Crippen LogP contribution in [0, 0.1) is 6.92 Å². The molecule has 2 rings (SSSR count). The van der Waals surface area contributed by atoms with E-state index >= 15 is 0 Å². The van der Waals surface area contributed by atoms with Crippen LogP contribution in [0.5, 0.6) is 5.75 Å². The van der Waals surface area contributed by atoms with Crippen molar-refractivity contribution in [3.63, 3.8) is 0 Å². The number of carbonyl (C=O) groups excluding carboxylic acids is 1. The number of aryl methyl sites for hydroxylation is 1. The van der Waals surface area contributed by atoms with Gasteiger partial charge in [0.2, 0.25) is 5.91 Å². The number of benzene rings is 1. The summed E-state index contributed by atoms with van der Waals surface area (Å²) in [6.45, 7) is 2.09. The first-order valence-electron chi connectivity index (χ1n) is 8.68. The topological polar surface area (TPSA) is 166 Å². The van der Waals surface area contributed by atoms with E-state index in [0.717, 1.165) is 5.56 Å². The standard InChI is InChI=1S/C18H25NO9/c1-9-4-3-5-11(6-9)27-18(17(25)26)7-12(22)14(19-10(2)21)16(28-18)15(24)13(23)8-20/h3-6,12-16,20,22-24H,7-8H2,1-2H3,(H,19,21)(H,25,26)/t12-,13+,14+,15+,16+,18-/m0/s1. The zero-order valence-electron chi connectivity index (χ0n) is 15.5. The van der Waals surface area contributed by atoms with Crippen LogP contribution >= 0.6 is 0 Å². The molecule has 0 spiro atoms. The van der Waals surface area contributed by atoms with E-state index in [-0.39, 0.29) is 5.75 Å². The Labute approximate surface area is 161 Å². The quantitative estimate of drug-likeness (QED) is 0.321. The molecule has 0 unspecified atom stereocenters. The average Bonchev–Trinajstić information content (AvgIpc) is 2.62. The summed E-state index contributed by atoms with van der Waals surface area (Å²) in [5, 5.41) is 51.9. The smallest absolute Gasteiger partial charge is 0.377 e. The molecular formula is C18H25NO9. The molecule has 1 fully saturated rings. The van der Waals surface area contributed by atoms with Gasteiger partial charge in [0.05, 0.1) is 25.2 Å². The summed E-state index contributed by atoms with van der Waals surface area (Å²) in [5.41, 5.74) is 0.790. The lowest BCUT2D eigenvalue weighted by molar-refractivity contribution is -0.284. The lowest BCUT2D eigenvalue weighted by atomic mass is 9.88. The Hall–Kier alpha value is -2.24. The maximum absolute atomic E-state index is 12.0. The fraction of sp³-hybridized carbons (Fsp3) is 0.556. The van der Waals surface area contributed by atoms with Crippen molar-refractivity contribution in [2.45, 2.75) is 56.5 Å². The van der Waals surface area contributed by atoms with E-state index in [1.54, 1.807) is 25.1 Å². The molecule has 1 aromatic rings. The third-order valence-electron chi connectivity index (χ3n) is 4.46. The first-order valence-corrected chi connectivity index (χ1v) is 8.68. The Morgan fingerprint density at radius 2 is 2.07 bits per heavy atom. The van der Waals surface area contributed by atoms with Crippen molar-refractivity contribution in [1.29, 1.82) is 0 Å². The van der Waals surface area contributed by atoms with E-state index in [2.05, 4.69) is 5.32 Å². The number of rotatable bonds is 7. The van der Waals surface area contributed by atoms with Gasteiger partial charge in [0.25, 0.3) is 0 Å². The SMILES string of the molecule is CC(=O)N[C@H]1[C@H]([C@H](O)[C@H](O)CO)O[C@](Oc2cccc(C)c2)(C(=O)O)C[C@@H]1O. The van der Waals surface area contributed by atoms with Gasteiger partial charge < -0.3 is 40.3 Å². The second-order valence-electron chi connectivity index (χ2n) is 6.80. The van der Waals surface area contributed by atoms with Crippen LogP contribution < -0.4 is 10.1 Å². The van der Waals surface area contributed by atoms with Crippen molar-refractivity contribution in [1.82, 2.24) is 5.32 Å². The molecule has 6 N–H and O–H groups in total. The summed E-state index contributed by atoms with van der Waals surface area (Å²) in [6, 6.07) is 5.24. The van der Waals surface area contributed by atoms with Crippen molar-refractivity contribution >= 4 is 11.9 Å². The Bertz CT molecular complexity index is 712. The van der Waals surface area contributed by atoms with Crippen molar-refractivity contribution in [2.24, 2.45) is 0 Å². The number of carboxylic acid groups (broad SMARTS) is 1. The number of carboxylic acids is 1. The lowest BCUT2D eigenvalue weighted by Gasteiger charge is -2.46. The summed E-state index contributed by atoms with van der Waals surface area (Å²) in [7, 11) is 0. The van der Waals surface area contributed by atoms with Crippen LogP contribution in [0.25, 0.3) is 0 Å². The predicted molar refractivity (Wildman–Crippen MR) is 94.4 cm³/mol. The van der Waals surface area contributed by atoms with Crippen LogP contribution in [0.1, 0.15) is 18.9 Å². The van der Waals surface area contributed by atoms with E-state index in [1.807, 2.05) is 0 Å². The van der Waals surface area contributed by atoms with Gasteiger partial charge in [-0.2, -0.15) is 0 Å². The molecule has 0 radical (unpaired) electrons. The van der Waals surface area contributed by atoms with Gasteiger partial charge in [0.1, 0.15) is 24.1 Å². The number of carbonyl (C=O) groups is 2. The zero-order valence-corrected chi connectivity index (χ0v) is 15.5. The molecule has 6 atom stereocenters. The maximum atomic E-state index is 12.0. The Balaban J connectivity index is 2.41. The number of hydrogen-bond acceptors (Lipinski definition) is 8. The van der Waals surface area contributed by atoms with Crippen molar-refractivity contribution < 1.29 is 44.6 Å². The molecule has 1 aliphatic heterocycles. The second kappa shape index (κ2) is 8.84. The fourth-order valence-corrected chi connectivity index (χ4v) is 3.10. The van der Waals surface area contributed by atoms with E-state index < -0.39 is 61.1 Å². The first-order chi connectivity index (χ1) is 13.1. The molecule has 1 saturated heterocycles. The summed E-state index contributed by atoms with van der Waals surface area (Å²) in [5.74, 6) is -4.36. The average molecular weight is 399 g/mol. The number of aliphatic hydroxyl groups excluding tert-OH is 4. The molecule has 1 heterocycles. The molecule has 10 heteroatoms. The van der Waals surface area contributed by atoms with Gasteiger partial charge in [0.15, 0.2) is 0 Å². The Morgan fingerprint density at radius 3 is 2.61 bits per heavy atom. The van der Waals surface area contributed by atoms with Crippen molar-refractivity contribution in [3.05, 3.63) is 29.8 Å². The molecule has 156 valence electrons. The Morgan fingerprint density at radius 1 is 1.39 bits per heavy atom. The molecule has 1 amide bonds. The molecule has 0 aliphatic carbocycles. The normalized spacial score (nSPS) is 29.6. The molecule has 1 aliphatic rings. The number of aliphatic carboxylic acids is 1.